The molecule has 1 fully saturated rings. The number of rotatable bonds is 4. The first-order valence-corrected chi connectivity index (χ1v) is 12.7. The van der Waals surface area contributed by atoms with Gasteiger partial charge in [-0.1, -0.05) is 30.3 Å². The topological polar surface area (TPSA) is 76.5 Å². The molecular weight excluding hydrogens is 437 g/mol. The van der Waals surface area contributed by atoms with Gasteiger partial charge in [0, 0.05) is 42.4 Å². The highest BCUT2D eigenvalue weighted by atomic mass is 32.2. The molecule has 168 valence electrons. The summed E-state index contributed by atoms with van der Waals surface area (Å²) in [4.78, 5) is 17.2. The molecule has 0 aliphatic carbocycles. The fourth-order valence-electron chi connectivity index (χ4n) is 4.98. The molecule has 0 spiro atoms. The van der Waals surface area contributed by atoms with Crippen LogP contribution in [0.3, 0.4) is 0 Å². The molecule has 0 saturated carbocycles. The summed E-state index contributed by atoms with van der Waals surface area (Å²) in [7, 11) is 0. The van der Waals surface area contributed by atoms with Gasteiger partial charge in [-0.3, -0.25) is 4.99 Å². The Kier molecular flexibility index (Phi) is 5.27. The van der Waals surface area contributed by atoms with Gasteiger partial charge in [-0.15, -0.1) is 0 Å². The van der Waals surface area contributed by atoms with Gasteiger partial charge in [0.2, 0.25) is 10.8 Å². The highest BCUT2D eigenvalue weighted by molar-refractivity contribution is 7.91. The van der Waals surface area contributed by atoms with Crippen LogP contribution in [-0.2, 0) is 24.1 Å². The van der Waals surface area contributed by atoms with Crippen molar-refractivity contribution in [1.82, 2.24) is 9.97 Å². The Morgan fingerprint density at radius 2 is 1.91 bits per heavy atom. The van der Waals surface area contributed by atoms with Crippen molar-refractivity contribution in [3.63, 3.8) is 0 Å². The number of hydrogen-bond donors (Lipinski definition) is 1. The SMILES string of the molecule is [O-][S+]1CCc2nc(N3CCC(C4=NCc5ccccc54)CC3)nc(Nc3cccc(F)c3)c21. The maximum absolute atomic E-state index is 13.7. The number of hydrogen-bond acceptors (Lipinski definition) is 6. The lowest BCUT2D eigenvalue weighted by atomic mass is 9.88. The molecule has 6 rings (SSSR count). The molecule has 1 aromatic heterocycles. The van der Waals surface area contributed by atoms with Crippen molar-refractivity contribution in [1.29, 1.82) is 0 Å². The lowest BCUT2D eigenvalue weighted by molar-refractivity contribution is 0.496. The maximum atomic E-state index is 13.7. The molecule has 0 bridgehead atoms. The van der Waals surface area contributed by atoms with Gasteiger partial charge in [0.25, 0.3) is 0 Å². The number of nitrogens with zero attached hydrogens (tertiary/aromatic N) is 4. The second kappa shape index (κ2) is 8.43. The monoisotopic (exact) mass is 461 g/mol. The molecule has 1 saturated heterocycles. The van der Waals surface area contributed by atoms with Crippen LogP contribution in [0.5, 0.6) is 0 Å². The van der Waals surface area contributed by atoms with Crippen LogP contribution in [0.25, 0.3) is 0 Å². The third-order valence-corrected chi connectivity index (χ3v) is 8.10. The molecule has 8 heteroatoms. The van der Waals surface area contributed by atoms with E-state index in [0.717, 1.165) is 38.2 Å². The third kappa shape index (κ3) is 3.87. The molecule has 1 N–H and O–H groups in total. The molecule has 3 aromatic rings. The van der Waals surface area contributed by atoms with Gasteiger partial charge in [-0.25, -0.2) is 9.37 Å². The first-order chi connectivity index (χ1) is 16.2. The molecule has 0 radical (unpaired) electrons. The van der Waals surface area contributed by atoms with E-state index in [0.29, 0.717) is 40.4 Å². The number of aryl methyl sites for hydroxylation is 1. The van der Waals surface area contributed by atoms with E-state index in [4.69, 9.17) is 15.0 Å². The molecule has 3 aliphatic rings. The zero-order chi connectivity index (χ0) is 22.4. The predicted molar refractivity (Wildman–Crippen MR) is 128 cm³/mol. The predicted octanol–water partition coefficient (Wildman–Crippen LogP) is 4.24. The normalized spacial score (nSPS) is 19.9. The van der Waals surface area contributed by atoms with Crippen molar-refractivity contribution in [3.05, 3.63) is 71.2 Å². The smallest absolute Gasteiger partial charge is 0.227 e. The van der Waals surface area contributed by atoms with E-state index in [9.17, 15) is 8.94 Å². The Bertz CT molecular complexity index is 1240. The molecule has 1 unspecified atom stereocenters. The zero-order valence-corrected chi connectivity index (χ0v) is 18.9. The molecular formula is C25H24FN5OS. The number of halogens is 1. The van der Waals surface area contributed by atoms with Crippen LogP contribution in [-0.4, -0.2) is 39.1 Å². The first kappa shape index (κ1) is 20.6. The Hall–Kier alpha value is -2.97. The Morgan fingerprint density at radius 1 is 1.06 bits per heavy atom. The average molecular weight is 462 g/mol. The van der Waals surface area contributed by atoms with Crippen molar-refractivity contribution >= 4 is 34.3 Å². The van der Waals surface area contributed by atoms with Crippen molar-refractivity contribution in [2.24, 2.45) is 10.9 Å². The molecule has 4 heterocycles. The van der Waals surface area contributed by atoms with Crippen LogP contribution in [0.2, 0.25) is 0 Å². The minimum Gasteiger partial charge on any atom is -0.611 e. The number of anilines is 3. The van der Waals surface area contributed by atoms with Crippen molar-refractivity contribution in [2.75, 3.05) is 29.1 Å². The number of fused-ring (bicyclic) bond motifs is 2. The van der Waals surface area contributed by atoms with Crippen molar-refractivity contribution in [3.8, 4) is 0 Å². The summed E-state index contributed by atoms with van der Waals surface area (Å²) in [5, 5.41) is 3.19. The van der Waals surface area contributed by atoms with E-state index in [1.54, 1.807) is 12.1 Å². The standard InChI is InChI=1S/C25H24FN5OS/c26-18-5-3-6-19(14-18)28-24-23-21(10-13-33(23)32)29-25(30-24)31-11-8-16(9-12-31)22-20-7-2-1-4-17(20)15-27-22/h1-7,14,16H,8-13,15H2,(H,28,29,30). The van der Waals surface area contributed by atoms with E-state index in [1.165, 1.54) is 29.0 Å². The summed E-state index contributed by atoms with van der Waals surface area (Å²) < 4.78 is 26.3. The van der Waals surface area contributed by atoms with Crippen LogP contribution >= 0.6 is 0 Å². The maximum Gasteiger partial charge on any atom is 0.227 e. The summed E-state index contributed by atoms with van der Waals surface area (Å²) >= 11 is -1.15. The van der Waals surface area contributed by atoms with E-state index in [2.05, 4.69) is 34.5 Å². The number of aliphatic imine (C=N–C) groups is 1. The molecule has 6 nitrogen and oxygen atoms in total. The average Bonchev–Trinajstić information content (AvgIpc) is 3.43. The van der Waals surface area contributed by atoms with Crippen LogP contribution in [0.1, 0.15) is 29.7 Å². The second-order valence-electron chi connectivity index (χ2n) is 8.70. The lowest BCUT2D eigenvalue weighted by Gasteiger charge is -2.32. The number of piperidine rings is 1. The number of aromatic nitrogens is 2. The van der Waals surface area contributed by atoms with Gasteiger partial charge in [0.05, 0.1) is 6.54 Å². The molecule has 1 atom stereocenters. The van der Waals surface area contributed by atoms with Gasteiger partial charge in [0.1, 0.15) is 17.3 Å². The van der Waals surface area contributed by atoms with Crippen LogP contribution in [0.4, 0.5) is 21.8 Å². The van der Waals surface area contributed by atoms with Gasteiger partial charge >= 0.3 is 0 Å². The van der Waals surface area contributed by atoms with Crippen molar-refractivity contribution < 1.29 is 8.94 Å². The van der Waals surface area contributed by atoms with E-state index in [1.807, 2.05) is 0 Å². The quantitative estimate of drug-likeness (QED) is 0.588. The number of nitrogens with one attached hydrogen (secondary N) is 1. The molecule has 3 aliphatic heterocycles. The number of benzene rings is 2. The van der Waals surface area contributed by atoms with Crippen LogP contribution in [0.15, 0.2) is 58.4 Å². The fourth-order valence-corrected chi connectivity index (χ4v) is 6.28. The first-order valence-electron chi connectivity index (χ1n) is 11.3. The van der Waals surface area contributed by atoms with Crippen LogP contribution < -0.4 is 10.2 Å². The van der Waals surface area contributed by atoms with E-state index < -0.39 is 11.2 Å². The summed E-state index contributed by atoms with van der Waals surface area (Å²) in [6, 6.07) is 14.7. The summed E-state index contributed by atoms with van der Waals surface area (Å²) in [6.07, 6.45) is 2.65. The fraction of sp³-hybridized carbons (Fsp3) is 0.320. The Labute approximate surface area is 195 Å². The third-order valence-electron chi connectivity index (χ3n) is 6.64. The van der Waals surface area contributed by atoms with Crippen molar-refractivity contribution in [2.45, 2.75) is 30.7 Å². The van der Waals surface area contributed by atoms with Gasteiger partial charge in [-0.2, -0.15) is 4.98 Å². The minimum absolute atomic E-state index is 0.328. The van der Waals surface area contributed by atoms with Gasteiger partial charge in [-0.05, 0) is 47.8 Å². The zero-order valence-electron chi connectivity index (χ0n) is 18.1. The summed E-state index contributed by atoms with van der Waals surface area (Å²) in [5.74, 6) is 1.83. The molecule has 33 heavy (non-hydrogen) atoms. The minimum atomic E-state index is -1.15. The summed E-state index contributed by atoms with van der Waals surface area (Å²) in [6.45, 7) is 2.46. The van der Waals surface area contributed by atoms with E-state index in [-0.39, 0.29) is 5.82 Å². The van der Waals surface area contributed by atoms with Crippen LogP contribution in [0, 0.1) is 11.7 Å². The lowest BCUT2D eigenvalue weighted by Crippen LogP contribution is -2.37. The second-order valence-corrected chi connectivity index (χ2v) is 10.2. The molecule has 0 amide bonds. The largest absolute Gasteiger partial charge is 0.611 e. The Morgan fingerprint density at radius 3 is 2.76 bits per heavy atom. The highest BCUT2D eigenvalue weighted by Gasteiger charge is 2.34. The molecule has 2 aromatic carbocycles. The van der Waals surface area contributed by atoms with Gasteiger partial charge in [0.15, 0.2) is 5.82 Å². The summed E-state index contributed by atoms with van der Waals surface area (Å²) in [5.41, 5.74) is 5.27. The highest BCUT2D eigenvalue weighted by Crippen LogP contribution is 2.35. The Balaban J connectivity index is 1.23. The van der Waals surface area contributed by atoms with E-state index >= 15 is 0 Å². The van der Waals surface area contributed by atoms with Gasteiger partial charge < -0.3 is 14.8 Å².